The summed E-state index contributed by atoms with van der Waals surface area (Å²) in [6, 6.07) is 21.9. The normalized spacial score (nSPS) is 11.2. The summed E-state index contributed by atoms with van der Waals surface area (Å²) in [5.74, 6) is 0.819. The lowest BCUT2D eigenvalue weighted by Gasteiger charge is -2.19. The zero-order valence-electron chi connectivity index (χ0n) is 17.8. The maximum atomic E-state index is 13.7. The summed E-state index contributed by atoms with van der Waals surface area (Å²) in [4.78, 5) is 13.1. The number of nitrogens with zero attached hydrogens (tertiary/aromatic N) is 2. The number of hydrogen-bond acceptors (Lipinski definition) is 3. The Morgan fingerprint density at radius 3 is 2.17 bits per heavy atom. The van der Waals surface area contributed by atoms with Crippen LogP contribution in [-0.4, -0.2) is 4.57 Å². The molecule has 0 spiro atoms. The van der Waals surface area contributed by atoms with Crippen molar-refractivity contribution in [3.63, 3.8) is 0 Å². The molecule has 4 rings (SSSR count). The second kappa shape index (κ2) is 9.87. The molecule has 3 aromatic carbocycles. The Labute approximate surface area is 208 Å². The number of rotatable bonds is 5. The van der Waals surface area contributed by atoms with Crippen molar-refractivity contribution in [2.24, 2.45) is 0 Å². The van der Waals surface area contributed by atoms with Crippen LogP contribution >= 0.6 is 23.2 Å². The lowest BCUT2D eigenvalue weighted by molar-refractivity contribution is -0.137. The molecule has 35 heavy (non-hydrogen) atoms. The Bertz CT molecular complexity index is 1480. The van der Waals surface area contributed by atoms with Gasteiger partial charge in [-0.3, -0.25) is 4.79 Å². The zero-order chi connectivity index (χ0) is 25.2. The minimum absolute atomic E-state index is 0.0544. The van der Waals surface area contributed by atoms with Crippen LogP contribution in [0.1, 0.15) is 16.7 Å². The van der Waals surface area contributed by atoms with E-state index >= 15 is 0 Å². The van der Waals surface area contributed by atoms with Crippen LogP contribution < -0.4 is 10.3 Å². The van der Waals surface area contributed by atoms with Crippen LogP contribution in [0.15, 0.2) is 83.7 Å². The second-order valence-electron chi connectivity index (χ2n) is 7.50. The van der Waals surface area contributed by atoms with Crippen LogP contribution in [0.25, 0.3) is 11.3 Å². The molecule has 0 amide bonds. The number of hydrogen-bond donors (Lipinski definition) is 0. The molecule has 0 saturated heterocycles. The third-order valence-electron chi connectivity index (χ3n) is 5.17. The standard InChI is InChI=1S/C26H15Cl2F3N2O2/c27-17-6-8-18(9-7-17)35-19-10-11-20(23(28)12-19)24-13-22(26(29,30)31)21(14-32)25(34)33(24)15-16-4-2-1-3-5-16/h1-13H,15H2. The zero-order valence-corrected chi connectivity index (χ0v) is 19.3. The van der Waals surface area contributed by atoms with Gasteiger partial charge in [-0.25, -0.2) is 0 Å². The predicted molar refractivity (Wildman–Crippen MR) is 128 cm³/mol. The van der Waals surface area contributed by atoms with Crippen molar-refractivity contribution in [3.8, 4) is 28.8 Å². The molecule has 0 saturated carbocycles. The van der Waals surface area contributed by atoms with E-state index in [1.54, 1.807) is 54.6 Å². The lowest BCUT2D eigenvalue weighted by atomic mass is 10.0. The Hall–Kier alpha value is -3.73. The first-order valence-electron chi connectivity index (χ1n) is 10.2. The van der Waals surface area contributed by atoms with E-state index in [9.17, 15) is 23.2 Å². The second-order valence-corrected chi connectivity index (χ2v) is 8.35. The quantitative estimate of drug-likeness (QED) is 0.276. The summed E-state index contributed by atoms with van der Waals surface area (Å²) in [5, 5.41) is 9.94. The highest BCUT2D eigenvalue weighted by Crippen LogP contribution is 2.37. The van der Waals surface area contributed by atoms with Crippen molar-refractivity contribution < 1.29 is 17.9 Å². The molecule has 4 nitrogen and oxygen atoms in total. The largest absolute Gasteiger partial charge is 0.457 e. The van der Waals surface area contributed by atoms with Crippen molar-refractivity contribution in [1.29, 1.82) is 5.26 Å². The van der Waals surface area contributed by atoms with E-state index in [1.807, 2.05) is 0 Å². The van der Waals surface area contributed by atoms with Gasteiger partial charge in [0.15, 0.2) is 0 Å². The molecule has 176 valence electrons. The fraction of sp³-hybridized carbons (Fsp3) is 0.0769. The van der Waals surface area contributed by atoms with Crippen LogP contribution in [0.2, 0.25) is 10.0 Å². The van der Waals surface area contributed by atoms with Crippen LogP contribution in [0.4, 0.5) is 13.2 Å². The molecule has 1 heterocycles. The summed E-state index contributed by atoms with van der Waals surface area (Å²) in [7, 11) is 0. The molecule has 0 aliphatic rings. The third kappa shape index (κ3) is 5.35. The number of alkyl halides is 3. The number of aromatic nitrogens is 1. The highest BCUT2D eigenvalue weighted by Gasteiger charge is 2.36. The van der Waals surface area contributed by atoms with Gasteiger partial charge in [0.2, 0.25) is 0 Å². The minimum Gasteiger partial charge on any atom is -0.457 e. The van der Waals surface area contributed by atoms with Crippen molar-refractivity contribution in [3.05, 3.63) is 116 Å². The summed E-state index contributed by atoms with van der Waals surface area (Å²) in [6.45, 7) is -0.0544. The SMILES string of the molecule is N#Cc1c(C(F)(F)F)cc(-c2ccc(Oc3ccc(Cl)cc3)cc2Cl)n(Cc2ccccc2)c1=O. The molecule has 0 bridgehead atoms. The number of ether oxygens (including phenoxy) is 1. The number of nitriles is 1. The van der Waals surface area contributed by atoms with E-state index in [2.05, 4.69) is 0 Å². The first kappa shape index (κ1) is 24.4. The third-order valence-corrected chi connectivity index (χ3v) is 5.73. The number of halogens is 5. The van der Waals surface area contributed by atoms with E-state index in [0.717, 1.165) is 10.6 Å². The molecule has 0 aliphatic heterocycles. The van der Waals surface area contributed by atoms with Crippen molar-refractivity contribution in [2.45, 2.75) is 12.7 Å². The molecule has 9 heteroatoms. The molecular formula is C26H15Cl2F3N2O2. The average molecular weight is 515 g/mol. The fourth-order valence-corrected chi connectivity index (χ4v) is 3.92. The van der Waals surface area contributed by atoms with E-state index in [1.165, 1.54) is 24.3 Å². The van der Waals surface area contributed by atoms with Crippen molar-refractivity contribution in [1.82, 2.24) is 4.57 Å². The van der Waals surface area contributed by atoms with Gasteiger partial charge in [0.05, 0.1) is 22.8 Å². The maximum absolute atomic E-state index is 13.7. The van der Waals surface area contributed by atoms with E-state index in [0.29, 0.717) is 22.1 Å². The van der Waals surface area contributed by atoms with Crippen LogP contribution in [-0.2, 0) is 12.7 Å². The highest BCUT2D eigenvalue weighted by molar-refractivity contribution is 6.33. The first-order chi connectivity index (χ1) is 16.7. The molecule has 0 atom stereocenters. The Kier molecular flexibility index (Phi) is 6.88. The molecule has 4 aromatic rings. The molecule has 0 unspecified atom stereocenters. The van der Waals surface area contributed by atoms with Crippen molar-refractivity contribution >= 4 is 23.2 Å². The molecule has 0 N–H and O–H groups in total. The van der Waals surface area contributed by atoms with Gasteiger partial charge in [0.1, 0.15) is 23.1 Å². The monoisotopic (exact) mass is 514 g/mol. The van der Waals surface area contributed by atoms with E-state index in [4.69, 9.17) is 27.9 Å². The Morgan fingerprint density at radius 1 is 0.914 bits per heavy atom. The summed E-state index contributed by atoms with van der Waals surface area (Å²) in [5.41, 5.74) is -2.58. The van der Waals surface area contributed by atoms with Crippen LogP contribution in [0, 0.1) is 11.3 Å². The molecular weight excluding hydrogens is 500 g/mol. The van der Waals surface area contributed by atoms with Crippen molar-refractivity contribution in [2.75, 3.05) is 0 Å². The molecule has 1 aromatic heterocycles. The highest BCUT2D eigenvalue weighted by atomic mass is 35.5. The summed E-state index contributed by atoms with van der Waals surface area (Å²) < 4.78 is 48.1. The predicted octanol–water partition coefficient (Wildman–Crippen LogP) is 7.55. The van der Waals surface area contributed by atoms with E-state index < -0.39 is 22.9 Å². The molecule has 0 radical (unpaired) electrons. The van der Waals surface area contributed by atoms with Gasteiger partial charge < -0.3 is 9.30 Å². The van der Waals surface area contributed by atoms with Gasteiger partial charge in [-0.15, -0.1) is 0 Å². The van der Waals surface area contributed by atoms with Crippen LogP contribution in [0.5, 0.6) is 11.5 Å². The topological polar surface area (TPSA) is 55.0 Å². The first-order valence-corrected chi connectivity index (χ1v) is 11.0. The number of pyridine rings is 1. The smallest absolute Gasteiger partial charge is 0.417 e. The van der Waals surface area contributed by atoms with E-state index in [-0.39, 0.29) is 22.8 Å². The summed E-state index contributed by atoms with van der Waals surface area (Å²) >= 11 is 12.3. The molecule has 0 fully saturated rings. The Morgan fingerprint density at radius 2 is 1.57 bits per heavy atom. The van der Waals surface area contributed by atoms with Gasteiger partial charge in [-0.1, -0.05) is 53.5 Å². The fourth-order valence-electron chi connectivity index (χ4n) is 3.53. The van der Waals surface area contributed by atoms with Gasteiger partial charge in [-0.05, 0) is 48.0 Å². The van der Waals surface area contributed by atoms with Crippen LogP contribution in [0.3, 0.4) is 0 Å². The molecule has 0 aliphatic carbocycles. The van der Waals surface area contributed by atoms with Gasteiger partial charge in [0.25, 0.3) is 5.56 Å². The van der Waals surface area contributed by atoms with Gasteiger partial charge >= 0.3 is 6.18 Å². The Balaban J connectivity index is 1.85. The maximum Gasteiger partial charge on any atom is 0.417 e. The summed E-state index contributed by atoms with van der Waals surface area (Å²) in [6.07, 6.45) is -4.91. The number of benzene rings is 3. The van der Waals surface area contributed by atoms with Gasteiger partial charge in [0, 0.05) is 16.7 Å². The minimum atomic E-state index is -4.91. The average Bonchev–Trinajstić information content (AvgIpc) is 2.82. The van der Waals surface area contributed by atoms with Gasteiger partial charge in [-0.2, -0.15) is 18.4 Å². The lowest BCUT2D eigenvalue weighted by Crippen LogP contribution is -2.28.